The molecule has 2 N–H and O–H groups in total. The highest BCUT2D eigenvalue weighted by atomic mass is 79.9. The van der Waals surface area contributed by atoms with Gasteiger partial charge in [-0.25, -0.2) is 9.59 Å². The molecule has 164 valence electrons. The van der Waals surface area contributed by atoms with Gasteiger partial charge in [-0.1, -0.05) is 30.3 Å². The highest BCUT2D eigenvalue weighted by Gasteiger charge is 2.35. The third kappa shape index (κ3) is 5.02. The van der Waals surface area contributed by atoms with Crippen LogP contribution in [0, 0.1) is 0 Å². The monoisotopic (exact) mass is 488 g/mol. The number of hydrogen-bond donors (Lipinski definition) is 2. The molecule has 0 saturated carbocycles. The van der Waals surface area contributed by atoms with E-state index in [2.05, 4.69) is 26.6 Å². The van der Waals surface area contributed by atoms with Gasteiger partial charge in [-0.2, -0.15) is 0 Å². The van der Waals surface area contributed by atoms with E-state index in [1.54, 1.807) is 33.1 Å². The Bertz CT molecular complexity index is 1000. The van der Waals surface area contributed by atoms with Gasteiger partial charge in [-0.3, -0.25) is 0 Å². The number of esters is 1. The van der Waals surface area contributed by atoms with Gasteiger partial charge in [0.1, 0.15) is 0 Å². The van der Waals surface area contributed by atoms with Crippen molar-refractivity contribution >= 4 is 33.6 Å². The molecule has 8 heteroatoms. The summed E-state index contributed by atoms with van der Waals surface area (Å²) in [4.78, 5) is 25.7. The summed E-state index contributed by atoms with van der Waals surface area (Å²) in [5.41, 5.74) is 2.06. The lowest BCUT2D eigenvalue weighted by Crippen LogP contribution is -2.45. The van der Waals surface area contributed by atoms with Crippen LogP contribution in [-0.4, -0.2) is 31.8 Å². The molecule has 0 spiro atoms. The SMILES string of the molecule is CCOc1cc(C2NC(=O)NC(c3ccccc3)=C2C(=O)OC(C)C)cc(Br)c1OC. The molecule has 2 amide bonds. The average molecular weight is 489 g/mol. The summed E-state index contributed by atoms with van der Waals surface area (Å²) in [6.45, 7) is 5.85. The molecule has 7 nitrogen and oxygen atoms in total. The van der Waals surface area contributed by atoms with Crippen LogP contribution in [0.3, 0.4) is 0 Å². The zero-order valence-corrected chi connectivity index (χ0v) is 19.4. The summed E-state index contributed by atoms with van der Waals surface area (Å²) in [6.07, 6.45) is -0.322. The van der Waals surface area contributed by atoms with E-state index in [9.17, 15) is 9.59 Å². The molecule has 0 bridgehead atoms. The molecule has 31 heavy (non-hydrogen) atoms. The molecule has 1 heterocycles. The second kappa shape index (κ2) is 9.87. The van der Waals surface area contributed by atoms with Crippen LogP contribution in [0.15, 0.2) is 52.5 Å². The van der Waals surface area contributed by atoms with Crippen LogP contribution in [0.25, 0.3) is 5.70 Å². The van der Waals surface area contributed by atoms with Crippen molar-refractivity contribution < 1.29 is 23.8 Å². The highest BCUT2D eigenvalue weighted by Crippen LogP contribution is 2.41. The minimum Gasteiger partial charge on any atom is -0.492 e. The number of urea groups is 1. The number of halogens is 1. The fraction of sp³-hybridized carbons (Fsp3) is 0.304. The van der Waals surface area contributed by atoms with E-state index in [0.717, 1.165) is 0 Å². The van der Waals surface area contributed by atoms with Crippen LogP contribution in [-0.2, 0) is 9.53 Å². The molecule has 0 fully saturated rings. The number of rotatable bonds is 7. The van der Waals surface area contributed by atoms with E-state index in [-0.39, 0.29) is 6.10 Å². The Morgan fingerprint density at radius 1 is 1.19 bits per heavy atom. The summed E-state index contributed by atoms with van der Waals surface area (Å²) in [5, 5.41) is 5.62. The van der Waals surface area contributed by atoms with Gasteiger partial charge in [0.2, 0.25) is 0 Å². The predicted molar refractivity (Wildman–Crippen MR) is 121 cm³/mol. The Kier molecular flexibility index (Phi) is 7.22. The van der Waals surface area contributed by atoms with Gasteiger partial charge < -0.3 is 24.8 Å². The number of ether oxygens (including phenoxy) is 3. The Balaban J connectivity index is 2.21. The van der Waals surface area contributed by atoms with Crippen molar-refractivity contribution in [2.24, 2.45) is 0 Å². The van der Waals surface area contributed by atoms with Crippen molar-refractivity contribution in [2.45, 2.75) is 32.9 Å². The maximum absolute atomic E-state index is 13.2. The standard InChI is InChI=1S/C23H25BrN2O5/c1-5-30-17-12-15(11-16(24)21(17)29-4)20-18(22(27)31-13(2)3)19(25-23(28)26-20)14-9-7-6-8-10-14/h6-13,20H,5H2,1-4H3,(H2,25,26,28). The van der Waals surface area contributed by atoms with Gasteiger partial charge in [0.25, 0.3) is 0 Å². The Morgan fingerprint density at radius 3 is 2.52 bits per heavy atom. The number of benzene rings is 2. The molecule has 1 atom stereocenters. The first-order valence-electron chi connectivity index (χ1n) is 9.94. The van der Waals surface area contributed by atoms with Crippen molar-refractivity contribution in [1.29, 1.82) is 0 Å². The molecule has 3 rings (SSSR count). The predicted octanol–water partition coefficient (Wildman–Crippen LogP) is 4.57. The van der Waals surface area contributed by atoms with Crippen molar-refractivity contribution in [3.8, 4) is 11.5 Å². The number of carbonyl (C=O) groups excluding carboxylic acids is 2. The van der Waals surface area contributed by atoms with Crippen LogP contribution in [0.4, 0.5) is 4.79 Å². The number of methoxy groups -OCH3 is 1. The molecule has 2 aromatic rings. The lowest BCUT2D eigenvalue weighted by molar-refractivity contribution is -0.143. The van der Waals surface area contributed by atoms with E-state index in [4.69, 9.17) is 14.2 Å². The van der Waals surface area contributed by atoms with Gasteiger partial charge in [0, 0.05) is 0 Å². The lowest BCUT2D eigenvalue weighted by Gasteiger charge is -2.30. The average Bonchev–Trinajstić information content (AvgIpc) is 2.73. The maximum atomic E-state index is 13.2. The minimum absolute atomic E-state index is 0.305. The zero-order chi connectivity index (χ0) is 22.5. The Labute approximate surface area is 189 Å². The van der Waals surface area contributed by atoms with Crippen LogP contribution in [0.1, 0.15) is 37.9 Å². The van der Waals surface area contributed by atoms with Gasteiger partial charge in [0.15, 0.2) is 11.5 Å². The number of nitrogens with one attached hydrogen (secondary N) is 2. The fourth-order valence-corrected chi connectivity index (χ4v) is 3.98. The summed E-state index contributed by atoms with van der Waals surface area (Å²) < 4.78 is 17.3. The maximum Gasteiger partial charge on any atom is 0.338 e. The Morgan fingerprint density at radius 2 is 1.90 bits per heavy atom. The van der Waals surface area contributed by atoms with Crippen LogP contribution >= 0.6 is 15.9 Å². The molecule has 0 aromatic heterocycles. The van der Waals surface area contributed by atoms with E-state index in [0.29, 0.717) is 45.0 Å². The van der Waals surface area contributed by atoms with Crippen molar-refractivity contribution in [3.05, 3.63) is 63.6 Å². The molecular formula is C23H25BrN2O5. The molecule has 0 radical (unpaired) electrons. The summed E-state index contributed by atoms with van der Waals surface area (Å²) in [6, 6.07) is 11.6. The largest absolute Gasteiger partial charge is 0.492 e. The van der Waals surface area contributed by atoms with Crippen LogP contribution < -0.4 is 20.1 Å². The van der Waals surface area contributed by atoms with Crippen LogP contribution in [0.2, 0.25) is 0 Å². The Hall–Kier alpha value is -3.00. The molecule has 1 unspecified atom stereocenters. The smallest absolute Gasteiger partial charge is 0.338 e. The van der Waals surface area contributed by atoms with Gasteiger partial charge in [-0.15, -0.1) is 0 Å². The molecule has 1 aliphatic heterocycles. The van der Waals surface area contributed by atoms with E-state index < -0.39 is 18.0 Å². The lowest BCUT2D eigenvalue weighted by atomic mass is 9.92. The topological polar surface area (TPSA) is 85.9 Å². The molecule has 1 aliphatic rings. The minimum atomic E-state index is -0.753. The highest BCUT2D eigenvalue weighted by molar-refractivity contribution is 9.10. The van der Waals surface area contributed by atoms with Gasteiger partial charge in [-0.05, 0) is 60.0 Å². The van der Waals surface area contributed by atoms with E-state index >= 15 is 0 Å². The normalized spacial score (nSPS) is 15.9. The van der Waals surface area contributed by atoms with E-state index in [1.165, 1.54) is 0 Å². The van der Waals surface area contributed by atoms with E-state index in [1.807, 2.05) is 37.3 Å². The fourth-order valence-electron chi connectivity index (χ4n) is 3.36. The van der Waals surface area contributed by atoms with Crippen LogP contribution in [0.5, 0.6) is 11.5 Å². The first-order valence-corrected chi connectivity index (χ1v) is 10.7. The molecular weight excluding hydrogens is 464 g/mol. The first-order chi connectivity index (χ1) is 14.8. The van der Waals surface area contributed by atoms with Gasteiger partial charge in [0.05, 0.1) is 41.6 Å². The summed E-state index contributed by atoms with van der Waals surface area (Å²) >= 11 is 3.50. The second-order valence-electron chi connectivity index (χ2n) is 7.11. The summed E-state index contributed by atoms with van der Waals surface area (Å²) in [7, 11) is 1.55. The van der Waals surface area contributed by atoms with Crippen molar-refractivity contribution in [3.63, 3.8) is 0 Å². The summed E-state index contributed by atoms with van der Waals surface area (Å²) in [5.74, 6) is 0.515. The number of hydrogen-bond acceptors (Lipinski definition) is 5. The van der Waals surface area contributed by atoms with Crippen molar-refractivity contribution in [1.82, 2.24) is 10.6 Å². The quantitative estimate of drug-likeness (QED) is 0.557. The van der Waals surface area contributed by atoms with Gasteiger partial charge >= 0.3 is 12.0 Å². The molecule has 2 aromatic carbocycles. The first kappa shape index (κ1) is 22.7. The molecule has 0 saturated heterocycles. The third-order valence-electron chi connectivity index (χ3n) is 4.57. The third-order valence-corrected chi connectivity index (χ3v) is 5.16. The zero-order valence-electron chi connectivity index (χ0n) is 17.8. The second-order valence-corrected chi connectivity index (χ2v) is 7.96. The van der Waals surface area contributed by atoms with Crippen molar-refractivity contribution in [2.75, 3.05) is 13.7 Å². The number of carbonyl (C=O) groups is 2. The number of amides is 2. The molecule has 0 aliphatic carbocycles.